The Morgan fingerprint density at radius 2 is 2.10 bits per heavy atom. The molecule has 2 aromatic rings. The molecule has 0 saturated heterocycles. The summed E-state index contributed by atoms with van der Waals surface area (Å²) in [7, 11) is 3.47. The number of amides is 3. The lowest BCUT2D eigenvalue weighted by molar-refractivity contribution is -0.133. The van der Waals surface area contributed by atoms with Gasteiger partial charge in [-0.15, -0.1) is 6.58 Å². The summed E-state index contributed by atoms with van der Waals surface area (Å²) < 4.78 is 20.4. The summed E-state index contributed by atoms with van der Waals surface area (Å²) in [5.74, 6) is -0.815. The maximum Gasteiger partial charge on any atom is 0.322 e. The van der Waals surface area contributed by atoms with Crippen LogP contribution >= 0.6 is 11.6 Å². The van der Waals surface area contributed by atoms with Crippen molar-refractivity contribution in [1.29, 1.82) is 0 Å². The molecule has 0 atom stereocenters. The fraction of sp³-hybridized carbons (Fsp3) is 0.333. The van der Waals surface area contributed by atoms with Gasteiger partial charge in [0.05, 0.1) is 18.2 Å². The molecule has 0 radical (unpaired) electrons. The monoisotopic (exact) mass is 436 g/mol. The van der Waals surface area contributed by atoms with E-state index >= 15 is 0 Å². The Bertz CT molecular complexity index is 887. The summed E-state index contributed by atoms with van der Waals surface area (Å²) in [5, 5.41) is 2.52. The second-order valence-corrected chi connectivity index (χ2v) is 7.05. The van der Waals surface area contributed by atoms with E-state index in [-0.39, 0.29) is 24.0 Å². The number of nitrogens with zero attached hydrogens (tertiary/aromatic N) is 3. The standard InChI is InChI=1S/C21H26ClFN4O3/c1-4-9-27(21(29)24-16-7-8-19(23)18(22)13-16)15-20(28)26(11-12-30-3)14-17-6-5-10-25(17)2/h4-8,10,13H,1,9,11-12,14-15H2,2-3H3,(H,24,29). The van der Waals surface area contributed by atoms with Crippen LogP contribution in [0.3, 0.4) is 0 Å². The fourth-order valence-electron chi connectivity index (χ4n) is 2.76. The Morgan fingerprint density at radius 1 is 1.33 bits per heavy atom. The van der Waals surface area contributed by atoms with Gasteiger partial charge in [0, 0.05) is 44.8 Å². The Hall–Kier alpha value is -2.84. The second kappa shape index (κ2) is 11.4. The fourth-order valence-corrected chi connectivity index (χ4v) is 2.95. The number of aromatic nitrogens is 1. The van der Waals surface area contributed by atoms with Crippen LogP contribution in [-0.2, 0) is 23.1 Å². The average molecular weight is 437 g/mol. The van der Waals surface area contributed by atoms with Crippen LogP contribution in [0.25, 0.3) is 0 Å². The van der Waals surface area contributed by atoms with Crippen LogP contribution in [0.2, 0.25) is 5.02 Å². The van der Waals surface area contributed by atoms with Crippen molar-refractivity contribution in [2.24, 2.45) is 7.05 Å². The Kier molecular flexibility index (Phi) is 8.89. The first-order valence-electron chi connectivity index (χ1n) is 9.34. The highest BCUT2D eigenvalue weighted by Crippen LogP contribution is 2.19. The quantitative estimate of drug-likeness (QED) is 0.579. The summed E-state index contributed by atoms with van der Waals surface area (Å²) in [6, 6.07) is 7.18. The Labute approximate surface area is 180 Å². The molecule has 3 amide bonds. The lowest BCUT2D eigenvalue weighted by Crippen LogP contribution is -2.45. The number of carbonyl (C=O) groups excluding carboxylic acids is 2. The van der Waals surface area contributed by atoms with Gasteiger partial charge in [0.15, 0.2) is 0 Å². The molecular formula is C21H26ClFN4O3. The maximum atomic E-state index is 13.3. The van der Waals surface area contributed by atoms with Gasteiger partial charge in [0.1, 0.15) is 12.4 Å². The topological polar surface area (TPSA) is 66.8 Å². The minimum Gasteiger partial charge on any atom is -0.383 e. The molecule has 30 heavy (non-hydrogen) atoms. The number of rotatable bonds is 10. The first kappa shape index (κ1) is 23.4. The van der Waals surface area contributed by atoms with Crippen molar-refractivity contribution in [2.45, 2.75) is 6.54 Å². The number of urea groups is 1. The van der Waals surface area contributed by atoms with E-state index in [1.807, 2.05) is 29.9 Å². The highest BCUT2D eigenvalue weighted by Gasteiger charge is 2.21. The lowest BCUT2D eigenvalue weighted by atomic mass is 10.3. The van der Waals surface area contributed by atoms with Crippen molar-refractivity contribution in [3.05, 3.63) is 65.7 Å². The van der Waals surface area contributed by atoms with Gasteiger partial charge >= 0.3 is 6.03 Å². The van der Waals surface area contributed by atoms with Gasteiger partial charge in [0.25, 0.3) is 0 Å². The van der Waals surface area contributed by atoms with Crippen molar-refractivity contribution in [2.75, 3.05) is 38.7 Å². The normalized spacial score (nSPS) is 10.5. The Balaban J connectivity index is 2.09. The number of halogens is 2. The van der Waals surface area contributed by atoms with E-state index in [1.54, 1.807) is 12.0 Å². The third-order valence-corrected chi connectivity index (χ3v) is 4.75. The molecular weight excluding hydrogens is 411 g/mol. The highest BCUT2D eigenvalue weighted by molar-refractivity contribution is 6.31. The molecule has 0 aliphatic rings. The van der Waals surface area contributed by atoms with Gasteiger partial charge in [0.2, 0.25) is 5.91 Å². The smallest absolute Gasteiger partial charge is 0.322 e. The third kappa shape index (κ3) is 6.60. The van der Waals surface area contributed by atoms with Gasteiger partial charge in [-0.05, 0) is 30.3 Å². The predicted octanol–water partition coefficient (Wildman–Crippen LogP) is 3.51. The molecule has 0 spiro atoms. The van der Waals surface area contributed by atoms with Crippen molar-refractivity contribution in [1.82, 2.24) is 14.4 Å². The predicted molar refractivity (Wildman–Crippen MR) is 115 cm³/mol. The van der Waals surface area contributed by atoms with Crippen LogP contribution in [0.4, 0.5) is 14.9 Å². The Morgan fingerprint density at radius 3 is 2.70 bits per heavy atom. The summed E-state index contributed by atoms with van der Waals surface area (Å²) >= 11 is 5.76. The molecule has 0 bridgehead atoms. The van der Waals surface area contributed by atoms with Crippen LogP contribution < -0.4 is 5.32 Å². The van der Waals surface area contributed by atoms with E-state index < -0.39 is 11.8 Å². The van der Waals surface area contributed by atoms with Crippen LogP contribution in [0.5, 0.6) is 0 Å². The lowest BCUT2D eigenvalue weighted by Gasteiger charge is -2.27. The van der Waals surface area contributed by atoms with E-state index in [1.165, 1.54) is 23.1 Å². The third-order valence-electron chi connectivity index (χ3n) is 4.46. The van der Waals surface area contributed by atoms with Crippen molar-refractivity contribution >= 4 is 29.2 Å². The molecule has 2 rings (SSSR count). The SMILES string of the molecule is C=CCN(CC(=O)N(CCOC)Cc1cccn1C)C(=O)Nc1ccc(F)c(Cl)c1. The molecule has 1 aromatic heterocycles. The molecule has 0 fully saturated rings. The highest BCUT2D eigenvalue weighted by atomic mass is 35.5. The number of benzene rings is 1. The second-order valence-electron chi connectivity index (χ2n) is 6.65. The van der Waals surface area contributed by atoms with Gasteiger partial charge in [-0.1, -0.05) is 17.7 Å². The van der Waals surface area contributed by atoms with Crippen molar-refractivity contribution in [3.8, 4) is 0 Å². The number of ether oxygens (including phenoxy) is 1. The van der Waals surface area contributed by atoms with Crippen LogP contribution in [0.1, 0.15) is 5.69 Å². The van der Waals surface area contributed by atoms with Crippen molar-refractivity contribution in [3.63, 3.8) is 0 Å². The molecule has 162 valence electrons. The van der Waals surface area contributed by atoms with E-state index in [0.29, 0.717) is 25.4 Å². The summed E-state index contributed by atoms with van der Waals surface area (Å²) in [4.78, 5) is 28.6. The molecule has 1 N–H and O–H groups in total. The molecule has 0 aliphatic heterocycles. The number of hydrogen-bond acceptors (Lipinski definition) is 3. The van der Waals surface area contributed by atoms with E-state index in [0.717, 1.165) is 11.8 Å². The number of anilines is 1. The minimum atomic E-state index is -0.581. The molecule has 9 heteroatoms. The average Bonchev–Trinajstić information content (AvgIpc) is 3.12. The first-order chi connectivity index (χ1) is 14.3. The largest absolute Gasteiger partial charge is 0.383 e. The number of nitrogens with one attached hydrogen (secondary N) is 1. The minimum absolute atomic E-state index is 0.104. The summed E-state index contributed by atoms with van der Waals surface area (Å²) in [5.41, 5.74) is 1.29. The molecule has 7 nitrogen and oxygen atoms in total. The number of carbonyl (C=O) groups is 2. The summed E-state index contributed by atoms with van der Waals surface area (Å²) in [6.07, 6.45) is 3.43. The van der Waals surface area contributed by atoms with Gasteiger partial charge < -0.3 is 24.4 Å². The number of aryl methyl sites for hydroxylation is 1. The van der Waals surface area contributed by atoms with Gasteiger partial charge in [-0.3, -0.25) is 4.79 Å². The van der Waals surface area contributed by atoms with Crippen LogP contribution in [0, 0.1) is 5.82 Å². The molecule has 0 aliphatic carbocycles. The zero-order valence-corrected chi connectivity index (χ0v) is 17.9. The van der Waals surface area contributed by atoms with Crippen molar-refractivity contribution < 1.29 is 18.7 Å². The van der Waals surface area contributed by atoms with E-state index in [4.69, 9.17) is 16.3 Å². The van der Waals surface area contributed by atoms with Gasteiger partial charge in [-0.2, -0.15) is 0 Å². The number of hydrogen-bond donors (Lipinski definition) is 1. The van der Waals surface area contributed by atoms with E-state index in [2.05, 4.69) is 11.9 Å². The molecule has 0 unspecified atom stereocenters. The molecule has 1 heterocycles. The molecule has 0 saturated carbocycles. The first-order valence-corrected chi connectivity index (χ1v) is 9.72. The van der Waals surface area contributed by atoms with Crippen LogP contribution in [0.15, 0.2) is 49.2 Å². The maximum absolute atomic E-state index is 13.3. The zero-order chi connectivity index (χ0) is 22.1. The summed E-state index contributed by atoms with van der Waals surface area (Å²) in [6.45, 7) is 4.81. The molecule has 1 aromatic carbocycles. The van der Waals surface area contributed by atoms with E-state index in [9.17, 15) is 14.0 Å². The van der Waals surface area contributed by atoms with Gasteiger partial charge in [-0.25, -0.2) is 9.18 Å². The zero-order valence-electron chi connectivity index (χ0n) is 17.1. The van der Waals surface area contributed by atoms with Crippen LogP contribution in [-0.4, -0.2) is 59.7 Å². The number of methoxy groups -OCH3 is 1.